The van der Waals surface area contributed by atoms with Crippen LogP contribution in [-0.2, 0) is 0 Å². The van der Waals surface area contributed by atoms with Crippen molar-refractivity contribution in [3.05, 3.63) is 463 Å². The maximum atomic E-state index is 4.37. The van der Waals surface area contributed by atoms with Crippen LogP contribution in [0.3, 0.4) is 0 Å². The standard InChI is InChI=1S/2C56H38N4/c1-9-39(43-13-3-17-47(27-43)51-21-7-23-57-34-51)25-41(11-1)45-15-5-19-49(29-45)53-31-54(33-55(32-53)56-36-59-38-60-37-56)50-20-6-16-46(30-50)42-12-2-10-40(26-42)44-14-4-18-48(28-44)52-22-8-24-58-35-52;1-7-41(39-19-23-57-24-20-39)27-43(9-1)45-11-3-13-47(29-45)49-15-5-17-51(31-49)53-33-54(35-55(34-53)56-36-59-38-60-37-56)52-18-6-16-50(32-52)48-14-4-12-46(30-48)44-10-2-8-42(28-44)40-21-25-58-26-22-40/h2*1-38H. The fraction of sp³-hybridized carbons (Fsp3) is 0. The van der Waals surface area contributed by atoms with Crippen molar-refractivity contribution in [3.8, 4) is 200 Å². The number of aromatic nitrogens is 8. The summed E-state index contributed by atoms with van der Waals surface area (Å²) < 4.78 is 0. The predicted octanol–water partition coefficient (Wildman–Crippen LogP) is 28.5. The third kappa shape index (κ3) is 16.9. The molecule has 20 rings (SSSR count). The minimum atomic E-state index is 0.968. The van der Waals surface area contributed by atoms with Crippen molar-refractivity contribution in [2.24, 2.45) is 0 Å². The lowest BCUT2D eigenvalue weighted by Crippen LogP contribution is -1.89. The highest BCUT2D eigenvalue weighted by Gasteiger charge is 2.17. The molecule has 0 aliphatic heterocycles. The fourth-order valence-electron chi connectivity index (χ4n) is 15.8. The quantitative estimate of drug-likeness (QED) is 0.0837. The minimum absolute atomic E-state index is 0.968. The number of benzene rings is 14. The smallest absolute Gasteiger partial charge is 0.115 e. The van der Waals surface area contributed by atoms with Crippen LogP contribution >= 0.6 is 0 Å². The Kier molecular flexibility index (Phi) is 21.3. The summed E-state index contributed by atoms with van der Waals surface area (Å²) in [6, 6.07) is 135. The van der Waals surface area contributed by atoms with E-state index in [1.165, 1.54) is 55.6 Å². The van der Waals surface area contributed by atoms with Gasteiger partial charge in [0, 0.05) is 96.6 Å². The lowest BCUT2D eigenvalue weighted by atomic mass is 9.91. The Labute approximate surface area is 698 Å². The first kappa shape index (κ1) is 74.0. The van der Waals surface area contributed by atoms with Gasteiger partial charge in [0.25, 0.3) is 0 Å². The van der Waals surface area contributed by atoms with Gasteiger partial charge in [0.2, 0.25) is 0 Å². The molecule has 0 saturated carbocycles. The second-order valence-electron chi connectivity index (χ2n) is 29.8. The van der Waals surface area contributed by atoms with Crippen LogP contribution in [0.2, 0.25) is 0 Å². The molecule has 0 fully saturated rings. The topological polar surface area (TPSA) is 103 Å². The van der Waals surface area contributed by atoms with E-state index in [2.05, 4.69) is 380 Å². The van der Waals surface area contributed by atoms with E-state index in [9.17, 15) is 0 Å². The van der Waals surface area contributed by atoms with Gasteiger partial charge in [-0.05, 0) is 324 Å². The molecule has 6 heterocycles. The lowest BCUT2D eigenvalue weighted by Gasteiger charge is -2.14. The Balaban J connectivity index is 0.000000159. The molecule has 8 nitrogen and oxygen atoms in total. The summed E-state index contributed by atoms with van der Waals surface area (Å²) in [5, 5.41) is 0. The van der Waals surface area contributed by atoms with Crippen molar-refractivity contribution in [1.82, 2.24) is 39.9 Å². The van der Waals surface area contributed by atoms with Gasteiger partial charge >= 0.3 is 0 Å². The van der Waals surface area contributed by atoms with Crippen molar-refractivity contribution in [3.63, 3.8) is 0 Å². The molecule has 0 aliphatic carbocycles. The van der Waals surface area contributed by atoms with Crippen molar-refractivity contribution >= 4 is 0 Å². The summed E-state index contributed by atoms with van der Waals surface area (Å²) in [7, 11) is 0. The first-order valence-corrected chi connectivity index (χ1v) is 40.1. The second-order valence-corrected chi connectivity index (χ2v) is 29.8. The van der Waals surface area contributed by atoms with Crippen LogP contribution in [-0.4, -0.2) is 39.9 Å². The molecular weight excluding hydrogens is 1460 g/mol. The van der Waals surface area contributed by atoms with Gasteiger partial charge in [0.1, 0.15) is 12.7 Å². The number of hydrogen-bond donors (Lipinski definition) is 0. The molecule has 120 heavy (non-hydrogen) atoms. The summed E-state index contributed by atoms with van der Waals surface area (Å²) in [6.45, 7) is 0. The Bertz CT molecular complexity index is 6220. The van der Waals surface area contributed by atoms with Gasteiger partial charge in [-0.25, -0.2) is 19.9 Å². The molecule has 6 aromatic heterocycles. The Morgan fingerprint density at radius 3 is 0.417 bits per heavy atom. The van der Waals surface area contributed by atoms with Crippen LogP contribution in [0.4, 0.5) is 0 Å². The lowest BCUT2D eigenvalue weighted by molar-refractivity contribution is 1.17. The minimum Gasteiger partial charge on any atom is -0.265 e. The Morgan fingerprint density at radius 2 is 0.233 bits per heavy atom. The van der Waals surface area contributed by atoms with E-state index in [1.807, 2.05) is 111 Å². The Morgan fingerprint density at radius 1 is 0.0917 bits per heavy atom. The van der Waals surface area contributed by atoms with Gasteiger partial charge in [-0.3, -0.25) is 19.9 Å². The molecule has 0 saturated heterocycles. The van der Waals surface area contributed by atoms with E-state index < -0.39 is 0 Å². The monoisotopic (exact) mass is 1530 g/mol. The Hall–Kier alpha value is -16.2. The van der Waals surface area contributed by atoms with E-state index >= 15 is 0 Å². The maximum Gasteiger partial charge on any atom is 0.115 e. The van der Waals surface area contributed by atoms with Crippen LogP contribution in [0, 0.1) is 0 Å². The normalized spacial score (nSPS) is 11.0. The highest BCUT2D eigenvalue weighted by Crippen LogP contribution is 2.42. The van der Waals surface area contributed by atoms with Crippen LogP contribution in [0.15, 0.2) is 463 Å². The molecule has 0 radical (unpaired) electrons. The van der Waals surface area contributed by atoms with Crippen molar-refractivity contribution in [1.29, 1.82) is 0 Å². The summed E-state index contributed by atoms with van der Waals surface area (Å²) in [5.74, 6) is 0. The average molecular weight is 1530 g/mol. The molecule has 0 bridgehead atoms. The zero-order valence-electron chi connectivity index (χ0n) is 65.5. The largest absolute Gasteiger partial charge is 0.265 e. The highest BCUT2D eigenvalue weighted by molar-refractivity contribution is 5.89. The van der Waals surface area contributed by atoms with Crippen LogP contribution < -0.4 is 0 Å². The summed E-state index contributed by atoms with van der Waals surface area (Å²) in [6.07, 6.45) is 25.5. The molecule has 14 aromatic carbocycles. The van der Waals surface area contributed by atoms with Crippen molar-refractivity contribution in [2.75, 3.05) is 0 Å². The van der Waals surface area contributed by atoms with Gasteiger partial charge in [0.05, 0.1) is 0 Å². The third-order valence-electron chi connectivity index (χ3n) is 22.0. The molecule has 564 valence electrons. The number of pyridine rings is 4. The molecular formula is C112H76N8. The van der Waals surface area contributed by atoms with E-state index in [1.54, 1.807) is 12.7 Å². The molecule has 0 amide bonds. The van der Waals surface area contributed by atoms with Gasteiger partial charge in [0.15, 0.2) is 0 Å². The molecule has 0 spiro atoms. The van der Waals surface area contributed by atoms with Crippen LogP contribution in [0.25, 0.3) is 200 Å². The summed E-state index contributed by atoms with van der Waals surface area (Å²) in [5.41, 5.74) is 40.8. The first-order valence-electron chi connectivity index (χ1n) is 40.1. The molecule has 0 unspecified atom stereocenters. The summed E-state index contributed by atoms with van der Waals surface area (Å²) >= 11 is 0. The van der Waals surface area contributed by atoms with E-state index in [-0.39, 0.29) is 0 Å². The number of nitrogens with zero attached hydrogens (tertiary/aromatic N) is 8. The van der Waals surface area contributed by atoms with Crippen LogP contribution in [0.1, 0.15) is 0 Å². The van der Waals surface area contributed by atoms with Crippen LogP contribution in [0.5, 0.6) is 0 Å². The second kappa shape index (κ2) is 34.5. The fourth-order valence-corrected chi connectivity index (χ4v) is 15.8. The average Bonchev–Trinajstić information content (AvgIpc) is 0.793. The maximum absolute atomic E-state index is 4.37. The predicted molar refractivity (Wildman–Crippen MR) is 493 cm³/mol. The van der Waals surface area contributed by atoms with Gasteiger partial charge in [-0.15, -0.1) is 0 Å². The van der Waals surface area contributed by atoms with Crippen molar-refractivity contribution < 1.29 is 0 Å². The molecule has 0 atom stereocenters. The summed E-state index contributed by atoms with van der Waals surface area (Å²) in [4.78, 5) is 34.5. The number of rotatable bonds is 18. The highest BCUT2D eigenvalue weighted by atomic mass is 14.8. The number of hydrogen-bond acceptors (Lipinski definition) is 8. The molecule has 0 N–H and O–H groups in total. The van der Waals surface area contributed by atoms with E-state index in [4.69, 9.17) is 0 Å². The zero-order valence-corrected chi connectivity index (χ0v) is 65.5. The van der Waals surface area contributed by atoms with Gasteiger partial charge in [-0.2, -0.15) is 0 Å². The van der Waals surface area contributed by atoms with E-state index in [0.29, 0.717) is 0 Å². The van der Waals surface area contributed by atoms with E-state index in [0.717, 1.165) is 145 Å². The van der Waals surface area contributed by atoms with Gasteiger partial charge in [-0.1, -0.05) is 231 Å². The third-order valence-corrected chi connectivity index (χ3v) is 22.0. The zero-order chi connectivity index (χ0) is 80.2. The first-order chi connectivity index (χ1) is 59.4. The molecule has 8 heteroatoms. The SMILES string of the molecule is c1cc(-c2ccncc2)cc(-c2cccc(-c3cccc(-c4cc(-c5cncnc5)cc(-c5cccc(-c6cccc(-c7cccc(-c8ccncc8)c7)c6)c5)c4)c3)c2)c1.c1cncc(-c2cccc(-c3cccc(-c4cccc(-c5cc(-c6cncnc6)cc(-c6cccc(-c7cccc(-c8cccc(-c9cccnc9)c8)c7)c6)c5)c4)c3)c2)c1. The van der Waals surface area contributed by atoms with Crippen molar-refractivity contribution in [2.45, 2.75) is 0 Å². The molecule has 20 aromatic rings. The van der Waals surface area contributed by atoms with Gasteiger partial charge < -0.3 is 0 Å². The molecule has 0 aliphatic rings.